The van der Waals surface area contributed by atoms with E-state index in [0.717, 1.165) is 19.5 Å². The molecule has 0 aromatic carbocycles. The minimum Gasteiger partial charge on any atom is -0.392 e. The summed E-state index contributed by atoms with van der Waals surface area (Å²) in [7, 11) is 2.18. The van der Waals surface area contributed by atoms with Crippen LogP contribution in [0.25, 0.3) is 0 Å². The lowest BCUT2D eigenvalue weighted by Gasteiger charge is -2.35. The van der Waals surface area contributed by atoms with Crippen LogP contribution in [0.1, 0.15) is 33.6 Å². The third-order valence-corrected chi connectivity index (χ3v) is 3.60. The van der Waals surface area contributed by atoms with E-state index >= 15 is 0 Å². The molecule has 0 aromatic heterocycles. The third-order valence-electron chi connectivity index (χ3n) is 3.60. The van der Waals surface area contributed by atoms with Gasteiger partial charge in [0.1, 0.15) is 0 Å². The van der Waals surface area contributed by atoms with Crippen molar-refractivity contribution < 1.29 is 5.11 Å². The predicted octanol–water partition coefficient (Wildman–Crippen LogP) is 1.17. The standard InChI is InChI=1S/C12H26N2O/c1-5-12(15)11(3)14-8-6-7-13(4)9-10(14)2/h10-12,15H,5-9H2,1-4H3. The van der Waals surface area contributed by atoms with Crippen LogP contribution < -0.4 is 0 Å². The molecule has 15 heavy (non-hydrogen) atoms. The Morgan fingerprint density at radius 2 is 2.07 bits per heavy atom. The number of aliphatic hydroxyl groups excluding tert-OH is 1. The van der Waals surface area contributed by atoms with Gasteiger partial charge in [-0.2, -0.15) is 0 Å². The Morgan fingerprint density at radius 3 is 2.67 bits per heavy atom. The van der Waals surface area contributed by atoms with Crippen molar-refractivity contribution >= 4 is 0 Å². The fraction of sp³-hybridized carbons (Fsp3) is 1.00. The molecule has 1 rings (SSSR count). The minimum absolute atomic E-state index is 0.184. The van der Waals surface area contributed by atoms with Gasteiger partial charge in [0.25, 0.3) is 0 Å². The lowest BCUT2D eigenvalue weighted by molar-refractivity contribution is 0.0365. The predicted molar refractivity (Wildman–Crippen MR) is 64.0 cm³/mol. The SMILES string of the molecule is CCC(O)C(C)N1CCCN(C)CC1C. The molecule has 3 heteroatoms. The van der Waals surface area contributed by atoms with E-state index < -0.39 is 0 Å². The Hall–Kier alpha value is -0.120. The smallest absolute Gasteiger partial charge is 0.0690 e. The zero-order valence-electron chi connectivity index (χ0n) is 10.6. The largest absolute Gasteiger partial charge is 0.392 e. The number of nitrogens with zero attached hydrogens (tertiary/aromatic N) is 2. The van der Waals surface area contributed by atoms with Gasteiger partial charge in [0.2, 0.25) is 0 Å². The summed E-state index contributed by atoms with van der Waals surface area (Å²) in [6.07, 6.45) is 1.87. The molecule has 1 aliphatic rings. The second kappa shape index (κ2) is 5.83. The molecule has 1 N–H and O–H groups in total. The van der Waals surface area contributed by atoms with Crippen molar-refractivity contribution in [1.82, 2.24) is 9.80 Å². The van der Waals surface area contributed by atoms with Crippen molar-refractivity contribution in [2.75, 3.05) is 26.7 Å². The summed E-state index contributed by atoms with van der Waals surface area (Å²) in [5.74, 6) is 0. The molecule has 90 valence electrons. The number of likely N-dealkylation sites (N-methyl/N-ethyl adjacent to an activating group) is 1. The van der Waals surface area contributed by atoms with Crippen LogP contribution in [0.15, 0.2) is 0 Å². The van der Waals surface area contributed by atoms with Gasteiger partial charge in [-0.15, -0.1) is 0 Å². The Morgan fingerprint density at radius 1 is 1.40 bits per heavy atom. The molecule has 0 aliphatic carbocycles. The lowest BCUT2D eigenvalue weighted by Crippen LogP contribution is -2.48. The summed E-state index contributed by atoms with van der Waals surface area (Å²) in [4.78, 5) is 4.84. The fourth-order valence-electron chi connectivity index (χ4n) is 2.56. The van der Waals surface area contributed by atoms with Crippen molar-refractivity contribution in [3.8, 4) is 0 Å². The van der Waals surface area contributed by atoms with Gasteiger partial charge >= 0.3 is 0 Å². The van der Waals surface area contributed by atoms with Crippen molar-refractivity contribution in [3.05, 3.63) is 0 Å². The Labute approximate surface area is 94.1 Å². The summed E-state index contributed by atoms with van der Waals surface area (Å²) >= 11 is 0. The summed E-state index contributed by atoms with van der Waals surface area (Å²) < 4.78 is 0. The molecule has 1 heterocycles. The molecule has 3 unspecified atom stereocenters. The van der Waals surface area contributed by atoms with Crippen LogP contribution in [0.3, 0.4) is 0 Å². The fourth-order valence-corrected chi connectivity index (χ4v) is 2.56. The van der Waals surface area contributed by atoms with Gasteiger partial charge < -0.3 is 10.0 Å². The van der Waals surface area contributed by atoms with Gasteiger partial charge in [-0.3, -0.25) is 4.90 Å². The van der Waals surface area contributed by atoms with Crippen LogP contribution in [-0.4, -0.2) is 59.8 Å². The molecule has 0 spiro atoms. The monoisotopic (exact) mass is 214 g/mol. The topological polar surface area (TPSA) is 26.7 Å². The maximum atomic E-state index is 9.90. The van der Waals surface area contributed by atoms with E-state index in [0.29, 0.717) is 6.04 Å². The van der Waals surface area contributed by atoms with Crippen molar-refractivity contribution in [2.24, 2.45) is 0 Å². The summed E-state index contributed by atoms with van der Waals surface area (Å²) in [5.41, 5.74) is 0. The van der Waals surface area contributed by atoms with Gasteiger partial charge in [-0.25, -0.2) is 0 Å². The zero-order valence-corrected chi connectivity index (χ0v) is 10.6. The van der Waals surface area contributed by atoms with E-state index in [1.54, 1.807) is 0 Å². The molecule has 0 radical (unpaired) electrons. The summed E-state index contributed by atoms with van der Waals surface area (Å²) in [6, 6.07) is 0.838. The van der Waals surface area contributed by atoms with E-state index in [2.05, 4.69) is 37.6 Å². The first kappa shape index (κ1) is 12.9. The minimum atomic E-state index is -0.184. The molecule has 1 aliphatic heterocycles. The molecule has 3 nitrogen and oxygen atoms in total. The van der Waals surface area contributed by atoms with Crippen LogP contribution in [-0.2, 0) is 0 Å². The molecule has 3 atom stereocenters. The maximum Gasteiger partial charge on any atom is 0.0690 e. The van der Waals surface area contributed by atoms with Crippen molar-refractivity contribution in [1.29, 1.82) is 0 Å². The number of rotatable bonds is 3. The average molecular weight is 214 g/mol. The van der Waals surface area contributed by atoms with Crippen molar-refractivity contribution in [2.45, 2.75) is 51.8 Å². The highest BCUT2D eigenvalue weighted by Crippen LogP contribution is 2.15. The normalized spacial score (nSPS) is 29.8. The highest BCUT2D eigenvalue weighted by Gasteiger charge is 2.27. The molecule has 0 aromatic rings. The number of hydrogen-bond donors (Lipinski definition) is 1. The Kier molecular flexibility index (Phi) is 5.03. The van der Waals surface area contributed by atoms with E-state index in [1.807, 2.05) is 0 Å². The van der Waals surface area contributed by atoms with Crippen molar-refractivity contribution in [3.63, 3.8) is 0 Å². The summed E-state index contributed by atoms with van der Waals surface area (Å²) in [5, 5.41) is 9.90. The molecular formula is C12H26N2O. The van der Waals surface area contributed by atoms with E-state index in [9.17, 15) is 5.11 Å². The van der Waals surface area contributed by atoms with Crippen LogP contribution in [0.5, 0.6) is 0 Å². The van der Waals surface area contributed by atoms with Crippen LogP contribution in [0, 0.1) is 0 Å². The summed E-state index contributed by atoms with van der Waals surface area (Å²) in [6.45, 7) is 9.87. The average Bonchev–Trinajstić information content (AvgIpc) is 2.37. The second-order valence-corrected chi connectivity index (χ2v) is 4.92. The van der Waals surface area contributed by atoms with Gasteiger partial charge in [-0.1, -0.05) is 6.92 Å². The molecule has 0 saturated carbocycles. The molecule has 0 amide bonds. The molecular weight excluding hydrogens is 188 g/mol. The first-order valence-electron chi connectivity index (χ1n) is 6.18. The van der Waals surface area contributed by atoms with Gasteiger partial charge in [0.05, 0.1) is 6.10 Å². The molecule has 1 fully saturated rings. The third kappa shape index (κ3) is 3.44. The first-order chi connectivity index (χ1) is 7.06. The highest BCUT2D eigenvalue weighted by atomic mass is 16.3. The van der Waals surface area contributed by atoms with E-state index in [-0.39, 0.29) is 12.1 Å². The lowest BCUT2D eigenvalue weighted by atomic mass is 10.1. The first-order valence-corrected chi connectivity index (χ1v) is 6.18. The zero-order chi connectivity index (χ0) is 11.4. The van der Waals surface area contributed by atoms with E-state index in [1.165, 1.54) is 13.0 Å². The van der Waals surface area contributed by atoms with Gasteiger partial charge in [-0.05, 0) is 40.3 Å². The van der Waals surface area contributed by atoms with Crippen LogP contribution >= 0.6 is 0 Å². The second-order valence-electron chi connectivity index (χ2n) is 4.92. The highest BCUT2D eigenvalue weighted by molar-refractivity contribution is 4.82. The van der Waals surface area contributed by atoms with Gasteiger partial charge in [0.15, 0.2) is 0 Å². The number of aliphatic hydroxyl groups is 1. The van der Waals surface area contributed by atoms with E-state index in [4.69, 9.17) is 0 Å². The quantitative estimate of drug-likeness (QED) is 0.764. The Bertz CT molecular complexity index is 186. The van der Waals surface area contributed by atoms with Gasteiger partial charge in [0, 0.05) is 25.2 Å². The molecule has 1 saturated heterocycles. The maximum absolute atomic E-state index is 9.90. The Balaban J connectivity index is 2.58. The number of hydrogen-bond acceptors (Lipinski definition) is 3. The molecule has 0 bridgehead atoms. The van der Waals surface area contributed by atoms with Crippen LogP contribution in [0.2, 0.25) is 0 Å². The van der Waals surface area contributed by atoms with Crippen LogP contribution in [0.4, 0.5) is 0 Å².